The van der Waals surface area contributed by atoms with Gasteiger partial charge in [0.15, 0.2) is 0 Å². The molecule has 0 bridgehead atoms. The molecule has 150 valence electrons. The van der Waals surface area contributed by atoms with E-state index in [4.69, 9.17) is 0 Å². The summed E-state index contributed by atoms with van der Waals surface area (Å²) in [6, 6.07) is 6.75. The number of amides is 1. The van der Waals surface area contributed by atoms with E-state index in [0.29, 0.717) is 25.0 Å². The molecule has 1 amide bonds. The van der Waals surface area contributed by atoms with E-state index >= 15 is 0 Å². The first-order valence-corrected chi connectivity index (χ1v) is 11.2. The van der Waals surface area contributed by atoms with E-state index < -0.39 is 10.0 Å². The Morgan fingerprint density at radius 3 is 2.37 bits per heavy atom. The molecule has 3 rings (SSSR count). The summed E-state index contributed by atoms with van der Waals surface area (Å²) in [5, 5.41) is 3.02. The van der Waals surface area contributed by atoms with E-state index in [9.17, 15) is 13.2 Å². The van der Waals surface area contributed by atoms with Crippen molar-refractivity contribution in [3.63, 3.8) is 0 Å². The fraction of sp³-hybridized carbons (Fsp3) is 0.632. The van der Waals surface area contributed by atoms with E-state index in [1.54, 1.807) is 24.3 Å². The predicted octanol–water partition coefficient (Wildman–Crippen LogP) is 1.54. The van der Waals surface area contributed by atoms with Crippen molar-refractivity contribution in [3.8, 4) is 0 Å². The Balaban J connectivity index is 1.60. The molecule has 3 atom stereocenters. The zero-order valence-corrected chi connectivity index (χ0v) is 17.1. The van der Waals surface area contributed by atoms with E-state index in [1.807, 2.05) is 20.8 Å². The Labute approximate surface area is 161 Å². The zero-order chi connectivity index (χ0) is 19.6. The summed E-state index contributed by atoms with van der Waals surface area (Å²) in [5.74, 6) is 0.672. The van der Waals surface area contributed by atoms with Gasteiger partial charge < -0.3 is 5.32 Å². The molecule has 3 N–H and O–H groups in total. The number of benzene rings is 1. The lowest BCUT2D eigenvalue weighted by molar-refractivity contribution is -0.123. The van der Waals surface area contributed by atoms with Crippen molar-refractivity contribution in [2.24, 2.45) is 5.92 Å². The molecular formula is C19H30N4O3S. The van der Waals surface area contributed by atoms with Crippen LogP contribution in [0.4, 0.5) is 0 Å². The number of hydrogen-bond acceptors (Lipinski definition) is 5. The van der Waals surface area contributed by atoms with E-state index in [0.717, 1.165) is 12.0 Å². The van der Waals surface area contributed by atoms with Gasteiger partial charge in [0, 0.05) is 19.1 Å². The molecule has 27 heavy (non-hydrogen) atoms. The molecule has 1 aliphatic carbocycles. The summed E-state index contributed by atoms with van der Waals surface area (Å²) in [6.07, 6.45) is 3.30. The molecule has 1 aromatic carbocycles. The maximum Gasteiger partial charge on any atom is 0.243 e. The van der Waals surface area contributed by atoms with E-state index in [1.165, 1.54) is 17.1 Å². The first kappa shape index (κ1) is 20.3. The SMILES string of the molecule is CCN(CC)S(=O)(=O)c1ccc(C(C)NC(=O)C2CC(C3CC3)NN2)cc1. The van der Waals surface area contributed by atoms with Crippen molar-refractivity contribution in [2.45, 2.75) is 63.1 Å². The number of sulfonamides is 1. The van der Waals surface area contributed by atoms with E-state index in [-0.39, 0.29) is 22.9 Å². The van der Waals surface area contributed by atoms with Crippen LogP contribution in [0.15, 0.2) is 29.2 Å². The van der Waals surface area contributed by atoms with Gasteiger partial charge >= 0.3 is 0 Å². The smallest absolute Gasteiger partial charge is 0.243 e. The third-order valence-corrected chi connectivity index (χ3v) is 7.59. The summed E-state index contributed by atoms with van der Waals surface area (Å²) in [6.45, 7) is 6.45. The highest BCUT2D eigenvalue weighted by Gasteiger charge is 2.39. The van der Waals surface area contributed by atoms with Gasteiger partial charge in [-0.1, -0.05) is 26.0 Å². The molecule has 1 heterocycles. The Hall–Kier alpha value is -1.48. The number of hydrogen-bond donors (Lipinski definition) is 3. The van der Waals surface area contributed by atoms with Crippen LogP contribution in [0.5, 0.6) is 0 Å². The minimum absolute atomic E-state index is 0.0296. The monoisotopic (exact) mass is 394 g/mol. The number of nitrogens with one attached hydrogen (secondary N) is 3. The highest BCUT2D eigenvalue weighted by Crippen LogP contribution is 2.35. The summed E-state index contributed by atoms with van der Waals surface area (Å²) < 4.78 is 26.6. The fourth-order valence-corrected chi connectivity index (χ4v) is 5.06. The third kappa shape index (κ3) is 4.51. The van der Waals surface area contributed by atoms with Gasteiger partial charge in [0.1, 0.15) is 6.04 Å². The molecule has 1 aliphatic heterocycles. The van der Waals surface area contributed by atoms with Gasteiger partial charge in [-0.2, -0.15) is 4.31 Å². The van der Waals surface area contributed by atoms with Gasteiger partial charge in [-0.3, -0.25) is 10.2 Å². The van der Waals surface area contributed by atoms with Crippen LogP contribution in [-0.4, -0.2) is 43.8 Å². The summed E-state index contributed by atoms with van der Waals surface area (Å²) in [7, 11) is -3.46. The van der Waals surface area contributed by atoms with Crippen LogP contribution in [0.2, 0.25) is 0 Å². The number of nitrogens with zero attached hydrogens (tertiary/aromatic N) is 1. The zero-order valence-electron chi connectivity index (χ0n) is 16.2. The lowest BCUT2D eigenvalue weighted by Gasteiger charge is -2.20. The average Bonchev–Trinajstić information content (AvgIpc) is 3.39. The molecule has 0 spiro atoms. The Bertz CT molecular complexity index is 758. The molecule has 8 heteroatoms. The number of carbonyl (C=O) groups is 1. The van der Waals surface area contributed by atoms with Crippen molar-refractivity contribution in [1.82, 2.24) is 20.5 Å². The molecule has 2 fully saturated rings. The Kier molecular flexibility index (Phi) is 6.20. The predicted molar refractivity (Wildman–Crippen MR) is 104 cm³/mol. The van der Waals surface area contributed by atoms with Crippen molar-refractivity contribution in [1.29, 1.82) is 0 Å². The van der Waals surface area contributed by atoms with Crippen LogP contribution < -0.4 is 16.2 Å². The summed E-state index contributed by atoms with van der Waals surface area (Å²) >= 11 is 0. The van der Waals surface area contributed by atoms with Crippen LogP contribution >= 0.6 is 0 Å². The second-order valence-corrected chi connectivity index (χ2v) is 9.35. The van der Waals surface area contributed by atoms with Crippen molar-refractivity contribution in [3.05, 3.63) is 29.8 Å². The normalized spacial score (nSPS) is 24.1. The van der Waals surface area contributed by atoms with Crippen molar-refractivity contribution < 1.29 is 13.2 Å². The molecule has 7 nitrogen and oxygen atoms in total. The quantitative estimate of drug-likeness (QED) is 0.622. The fourth-order valence-electron chi connectivity index (χ4n) is 3.60. The van der Waals surface area contributed by atoms with Crippen molar-refractivity contribution >= 4 is 15.9 Å². The molecule has 1 aromatic rings. The maximum absolute atomic E-state index is 12.6. The van der Waals surface area contributed by atoms with Crippen LogP contribution in [-0.2, 0) is 14.8 Å². The van der Waals surface area contributed by atoms with Gasteiger partial charge in [-0.05, 0) is 49.8 Å². The number of hydrazine groups is 1. The van der Waals surface area contributed by atoms with Crippen molar-refractivity contribution in [2.75, 3.05) is 13.1 Å². The van der Waals surface area contributed by atoms with Gasteiger partial charge in [0.05, 0.1) is 10.9 Å². The largest absolute Gasteiger partial charge is 0.348 e. The second-order valence-electron chi connectivity index (χ2n) is 7.41. The summed E-state index contributed by atoms with van der Waals surface area (Å²) in [4.78, 5) is 12.8. The van der Waals surface area contributed by atoms with Crippen LogP contribution in [0.1, 0.15) is 51.6 Å². The molecule has 1 saturated heterocycles. The van der Waals surface area contributed by atoms with Crippen LogP contribution in [0.25, 0.3) is 0 Å². The molecular weight excluding hydrogens is 364 g/mol. The summed E-state index contributed by atoms with van der Waals surface area (Å²) in [5.41, 5.74) is 7.20. The lowest BCUT2D eigenvalue weighted by Crippen LogP contribution is -2.44. The Morgan fingerprint density at radius 1 is 1.19 bits per heavy atom. The van der Waals surface area contributed by atoms with Crippen LogP contribution in [0.3, 0.4) is 0 Å². The standard InChI is InChI=1S/C19H30N4O3S/c1-4-23(5-2)27(25,26)16-10-8-14(9-11-16)13(3)20-19(24)18-12-17(21-22-18)15-6-7-15/h8-11,13,15,17-18,21-22H,4-7,12H2,1-3H3,(H,20,24). The highest BCUT2D eigenvalue weighted by atomic mass is 32.2. The topological polar surface area (TPSA) is 90.5 Å². The Morgan fingerprint density at radius 2 is 1.81 bits per heavy atom. The number of carbonyl (C=O) groups excluding carboxylic acids is 1. The minimum Gasteiger partial charge on any atom is -0.348 e. The van der Waals surface area contributed by atoms with Gasteiger partial charge in [-0.15, -0.1) is 0 Å². The van der Waals surface area contributed by atoms with Gasteiger partial charge in [-0.25, -0.2) is 13.8 Å². The molecule has 0 radical (unpaired) electrons. The first-order valence-electron chi connectivity index (χ1n) is 9.78. The molecule has 3 unspecified atom stereocenters. The van der Waals surface area contributed by atoms with Gasteiger partial charge in [0.25, 0.3) is 0 Å². The molecule has 1 saturated carbocycles. The molecule has 2 aliphatic rings. The number of rotatable bonds is 8. The van der Waals surface area contributed by atoms with Crippen LogP contribution in [0, 0.1) is 5.92 Å². The average molecular weight is 395 g/mol. The minimum atomic E-state index is -3.46. The maximum atomic E-state index is 12.6. The molecule has 0 aromatic heterocycles. The second kappa shape index (κ2) is 8.26. The highest BCUT2D eigenvalue weighted by molar-refractivity contribution is 7.89. The third-order valence-electron chi connectivity index (χ3n) is 5.52. The lowest BCUT2D eigenvalue weighted by atomic mass is 10.0. The van der Waals surface area contributed by atoms with E-state index in [2.05, 4.69) is 16.2 Å². The first-order chi connectivity index (χ1) is 12.9. The van der Waals surface area contributed by atoms with Gasteiger partial charge in [0.2, 0.25) is 15.9 Å².